The number of methoxy groups -OCH3 is 2. The van der Waals surface area contributed by atoms with Gasteiger partial charge in [0, 0.05) is 99.3 Å². The SMILES string of the molecule is C#CCOC1COc2c(S(=O)(=O)NC(=O)Nc3c4c(cc5c3CCC5)CCC4)cnn2C1.COC1CN(C2COc3c(S(=O)(=O)NC(=O)Nc4c5c(cc6c4CCC6)CCC5)cnn3C2)C1.COc1ccc2cccnc2c1NC(=O)NS(=O)(=O)c1cnn2c1OCCC2.Cc1ccc2cccnc2c1NC(=O)NS(=O)(=O)c1cnn2c1OCCC2.O=C(Nc1cc(C2CC2)cc(C2CC2)c1)NS(=O)(=O)c1cnn2c1OCCC2. The van der Waals surface area contributed by atoms with Crippen molar-refractivity contribution in [2.24, 2.45) is 0 Å². The zero-order chi connectivity index (χ0) is 104. The van der Waals surface area contributed by atoms with Crippen LogP contribution >= 0.6 is 0 Å². The molecule has 6 aliphatic carbocycles. The molecular formula is C98H109N23O23S5. The van der Waals surface area contributed by atoms with E-state index in [2.05, 4.69) is 105 Å². The summed E-state index contributed by atoms with van der Waals surface area (Å²) in [5.41, 5.74) is 16.8. The van der Waals surface area contributed by atoms with E-state index in [9.17, 15) is 66.1 Å². The molecule has 46 nitrogen and oxygen atoms in total. The fourth-order valence-electron chi connectivity index (χ4n) is 20.0. The van der Waals surface area contributed by atoms with Gasteiger partial charge in [-0.05, 0) is 219 Å². The van der Waals surface area contributed by atoms with Crippen molar-refractivity contribution in [1.29, 1.82) is 0 Å². The summed E-state index contributed by atoms with van der Waals surface area (Å²) in [5.74, 6) is 4.54. The molecule has 5 aromatic carbocycles. The molecule has 784 valence electrons. The largest absolute Gasteiger partial charge is 0.494 e. The Morgan fingerprint density at radius 3 is 1.19 bits per heavy atom. The molecule has 24 rings (SSSR count). The van der Waals surface area contributed by atoms with E-state index in [1.165, 1.54) is 110 Å². The van der Waals surface area contributed by atoms with Gasteiger partial charge in [0.25, 0.3) is 50.1 Å². The number of sulfonamides is 5. The monoisotopic (exact) mass is 2140 g/mol. The predicted molar refractivity (Wildman–Crippen MR) is 540 cm³/mol. The van der Waals surface area contributed by atoms with Gasteiger partial charge >= 0.3 is 30.2 Å². The number of aryl methyl sites for hydroxylation is 8. The van der Waals surface area contributed by atoms with Crippen molar-refractivity contribution in [3.63, 3.8) is 0 Å². The summed E-state index contributed by atoms with van der Waals surface area (Å²) in [6.45, 7) is 7.84. The first-order valence-electron chi connectivity index (χ1n) is 49.0. The highest BCUT2D eigenvalue weighted by atomic mass is 32.2. The highest BCUT2D eigenvalue weighted by Crippen LogP contribution is 2.48. The number of nitrogens with one attached hydrogen (secondary N) is 10. The van der Waals surface area contributed by atoms with E-state index in [0.29, 0.717) is 99.1 Å². The highest BCUT2D eigenvalue weighted by molar-refractivity contribution is 7.91. The molecule has 12 aromatic rings. The summed E-state index contributed by atoms with van der Waals surface area (Å²) in [4.78, 5) is 72.8. The second kappa shape index (κ2) is 42.5. The van der Waals surface area contributed by atoms with Crippen molar-refractivity contribution < 1.29 is 104 Å². The molecule has 1 saturated heterocycles. The standard InChI is InChI=1S/C23H29N5O5S.C22H24N4O5S.C19H22N4O4S.C17H17N5O5S.C17H17N5O4S/c1-32-17-11-27(12-17)16-10-28-22(33-13-16)20(9-24-28)34(30,31)26-23(29)25-21-18-6-2-4-14(18)8-15-5-3-7-19(15)21;1-2-9-30-16-12-26-21(31-13-16)19(11-23-26)32(28,29)25-22(27)24-20-17-7-3-5-14(17)10-15-6-4-8-18(15)20;24-19(22-28(25,26)17-11-20-23-6-1-7-27-18(17)23)21-16-9-14(12-2-3-12)8-15(10-16)13-4-5-13;1-26-12-6-5-11-4-2-7-18-14(11)15(12)20-17(23)21-28(24,25)13-10-19-22-8-3-9-27-16(13)22;1-11-5-6-12-4-2-7-18-15(12)14(11)20-17(23)21-27(24,25)13-10-19-22-8-3-9-26-16(13)22/h8-9,16-17H,2-7,10-13H2,1H3,(H2,25,26,29);1,10-11,16H,3-9,12-13H2,(H2,24,25,27);8-13H,1-7H2,(H2,21,22,24);2,4-7,10H,3,8-9H2,1H3,(H2,20,21,23);2,4-7,10H,3,8-9H2,1H3,(H2,20,21,23). The van der Waals surface area contributed by atoms with E-state index >= 15 is 0 Å². The molecule has 10 amide bonds. The van der Waals surface area contributed by atoms with Crippen molar-refractivity contribution in [2.45, 2.75) is 216 Å². The van der Waals surface area contributed by atoms with Gasteiger partial charge in [-0.2, -0.15) is 25.5 Å². The summed E-state index contributed by atoms with van der Waals surface area (Å²) in [5, 5.41) is 35.4. The number of aromatic nitrogens is 12. The van der Waals surface area contributed by atoms with Crippen molar-refractivity contribution in [3.8, 4) is 47.5 Å². The Bertz CT molecular complexity index is 7850. The maximum atomic E-state index is 13.1. The fraction of sp³-hybridized carbons (Fsp3) is 0.408. The number of urea groups is 5. The number of fused-ring (bicyclic) bond motifs is 11. The second-order valence-corrected chi connectivity index (χ2v) is 45.9. The Kier molecular flexibility index (Phi) is 29.0. The Balaban J connectivity index is 0.000000113. The quantitative estimate of drug-likeness (QED) is 0.0282. The van der Waals surface area contributed by atoms with Crippen LogP contribution in [0.5, 0.6) is 35.1 Å². The summed E-state index contributed by atoms with van der Waals surface area (Å²) in [6.07, 6.45) is 32.9. The molecule has 2 atom stereocenters. The molecule has 149 heavy (non-hydrogen) atoms. The van der Waals surface area contributed by atoms with Crippen LogP contribution in [0.1, 0.15) is 144 Å². The first-order valence-corrected chi connectivity index (χ1v) is 56.4. The van der Waals surface area contributed by atoms with Crippen LogP contribution in [0.25, 0.3) is 21.8 Å². The highest BCUT2D eigenvalue weighted by Gasteiger charge is 2.42. The van der Waals surface area contributed by atoms with E-state index in [-0.39, 0.29) is 91.0 Å². The molecule has 7 aromatic heterocycles. The average molecular weight is 2140 g/mol. The van der Waals surface area contributed by atoms with Gasteiger partial charge in [-0.1, -0.05) is 48.4 Å². The third-order valence-corrected chi connectivity index (χ3v) is 34.1. The minimum Gasteiger partial charge on any atom is -0.494 e. The van der Waals surface area contributed by atoms with E-state index in [1.807, 2.05) is 45.8 Å². The third kappa shape index (κ3) is 22.1. The number of ether oxygens (including phenoxy) is 8. The number of carbonyl (C=O) groups excluding carboxylic acids is 5. The van der Waals surface area contributed by atoms with Crippen LogP contribution in [0, 0.1) is 19.3 Å². The van der Waals surface area contributed by atoms with Crippen LogP contribution in [-0.2, 0) is 144 Å². The molecule has 2 saturated carbocycles. The molecular weight excluding hydrogens is 2030 g/mol. The van der Waals surface area contributed by atoms with Gasteiger partial charge in [-0.15, -0.1) is 6.42 Å². The lowest BCUT2D eigenvalue weighted by Gasteiger charge is -2.44. The van der Waals surface area contributed by atoms with Gasteiger partial charge in [0.05, 0.1) is 99.9 Å². The normalized spacial score (nSPS) is 17.6. The third-order valence-electron chi connectivity index (χ3n) is 27.5. The topological polar surface area (TPSA) is 568 Å². The second-order valence-electron chi connectivity index (χ2n) is 37.7. The number of hydrogen-bond donors (Lipinski definition) is 10. The van der Waals surface area contributed by atoms with Gasteiger partial charge in [-0.3, -0.25) is 14.9 Å². The summed E-state index contributed by atoms with van der Waals surface area (Å²) in [7, 11) is -17.6. The number of hydrogen-bond acceptors (Lipinski definition) is 31. The molecule has 3 fully saturated rings. The van der Waals surface area contributed by atoms with Gasteiger partial charge in [-0.25, -0.2) is 113 Å². The smallest absolute Gasteiger partial charge is 0.333 e. The van der Waals surface area contributed by atoms with Gasteiger partial charge < -0.3 is 64.5 Å². The molecule has 51 heteroatoms. The van der Waals surface area contributed by atoms with Crippen LogP contribution in [0.4, 0.5) is 52.4 Å². The predicted octanol–water partition coefficient (Wildman–Crippen LogP) is 9.94. The number of terminal acetylenes is 1. The first-order chi connectivity index (χ1) is 71.8. The zero-order valence-electron chi connectivity index (χ0n) is 81.4. The molecule has 12 aliphatic rings. The van der Waals surface area contributed by atoms with Crippen LogP contribution in [0.2, 0.25) is 0 Å². The first kappa shape index (κ1) is 102. The fourth-order valence-corrected chi connectivity index (χ4v) is 24.9. The van der Waals surface area contributed by atoms with Crippen LogP contribution in [0.15, 0.2) is 147 Å². The van der Waals surface area contributed by atoms with E-state index < -0.39 is 80.3 Å². The Hall–Kier alpha value is -14.7. The zero-order valence-corrected chi connectivity index (χ0v) is 85.5. The number of nitrogens with zero attached hydrogens (tertiary/aromatic N) is 13. The lowest BCUT2D eigenvalue weighted by Crippen LogP contribution is -2.59. The molecule has 13 heterocycles. The van der Waals surface area contributed by atoms with Crippen molar-refractivity contribution >= 4 is 131 Å². The van der Waals surface area contributed by atoms with Crippen LogP contribution < -0.4 is 78.6 Å². The van der Waals surface area contributed by atoms with Crippen molar-refractivity contribution in [3.05, 3.63) is 183 Å². The molecule has 10 N–H and O–H groups in total. The van der Waals surface area contributed by atoms with Gasteiger partial charge in [0.2, 0.25) is 29.4 Å². The Morgan fingerprint density at radius 1 is 0.409 bits per heavy atom. The average Bonchev–Trinajstić information content (AvgIpc) is 1.64. The molecule has 2 unspecified atom stereocenters. The van der Waals surface area contributed by atoms with E-state index in [4.69, 9.17) is 44.3 Å². The van der Waals surface area contributed by atoms with Gasteiger partial charge in [0.1, 0.15) is 37.4 Å². The number of amides is 10. The maximum Gasteiger partial charge on any atom is 0.333 e. The Morgan fingerprint density at radius 2 is 0.785 bits per heavy atom. The molecule has 0 radical (unpaired) electrons. The number of rotatable bonds is 22. The molecule has 0 bridgehead atoms. The van der Waals surface area contributed by atoms with Crippen molar-refractivity contribution in [2.75, 3.05) is 93.5 Å². The van der Waals surface area contributed by atoms with E-state index in [1.54, 1.807) is 55.4 Å². The minimum absolute atomic E-state index is 0.0763. The number of likely N-dealkylation sites (tertiary alicyclic amines) is 1. The lowest BCUT2D eigenvalue weighted by atomic mass is 9.99. The van der Waals surface area contributed by atoms with E-state index in [0.717, 1.165) is 166 Å². The molecule has 6 aliphatic heterocycles. The number of anilines is 5. The van der Waals surface area contributed by atoms with Crippen LogP contribution in [-0.4, -0.2) is 221 Å². The lowest BCUT2D eigenvalue weighted by molar-refractivity contribution is -0.0687. The summed E-state index contributed by atoms with van der Waals surface area (Å²) < 4.78 is 189. The maximum absolute atomic E-state index is 13.1. The molecule has 0 spiro atoms. The number of benzene rings is 5. The number of pyridine rings is 2. The van der Waals surface area contributed by atoms with Crippen molar-refractivity contribution in [1.82, 2.24) is 87.4 Å². The van der Waals surface area contributed by atoms with Gasteiger partial charge in [0.15, 0.2) is 24.5 Å². The minimum atomic E-state index is -4.18. The number of carbonyl (C=O) groups is 5. The Labute approximate surface area is 857 Å². The summed E-state index contributed by atoms with van der Waals surface area (Å²) >= 11 is 0. The summed E-state index contributed by atoms with van der Waals surface area (Å²) in [6, 6.07) is 21.0. The van der Waals surface area contributed by atoms with Crippen LogP contribution in [0.3, 0.4) is 0 Å².